The highest BCUT2D eigenvalue weighted by Gasteiger charge is 2.28. The lowest BCUT2D eigenvalue weighted by Gasteiger charge is -2.42. The maximum atomic E-state index is 9.84. The Labute approximate surface area is 251 Å². The number of rotatable bonds is 13. The molecule has 0 amide bonds. The van der Waals surface area contributed by atoms with Crippen molar-refractivity contribution >= 4 is 11.4 Å². The topological polar surface area (TPSA) is 51.2 Å². The summed E-state index contributed by atoms with van der Waals surface area (Å²) in [7, 11) is 4.35. The molecule has 0 bridgehead atoms. The van der Waals surface area contributed by atoms with Crippen LogP contribution in [0.15, 0.2) is 109 Å². The number of nitrogens with zero attached hydrogens (tertiary/aromatic N) is 3. The predicted octanol–water partition coefficient (Wildman–Crippen LogP) is 5.97. The highest BCUT2D eigenvalue weighted by Crippen LogP contribution is 2.33. The van der Waals surface area contributed by atoms with E-state index in [1.807, 2.05) is 30.3 Å². The highest BCUT2D eigenvalue weighted by atomic mass is 16.5. The van der Waals surface area contributed by atoms with Gasteiger partial charge < -0.3 is 29.9 Å². The van der Waals surface area contributed by atoms with Crippen molar-refractivity contribution in [2.45, 2.75) is 25.3 Å². The molecule has 220 valence electrons. The molecule has 1 aliphatic rings. The molecule has 2 atom stereocenters. The van der Waals surface area contributed by atoms with E-state index in [0.717, 1.165) is 44.0 Å². The molecular formula is C36H44N4O2. The fourth-order valence-electron chi connectivity index (χ4n) is 5.79. The highest BCUT2D eigenvalue weighted by molar-refractivity contribution is 5.56. The van der Waals surface area contributed by atoms with Crippen LogP contribution in [0, 0.1) is 0 Å². The zero-order valence-electron chi connectivity index (χ0n) is 24.9. The summed E-state index contributed by atoms with van der Waals surface area (Å²) in [6.45, 7) is 5.90. The molecule has 0 saturated carbocycles. The van der Waals surface area contributed by atoms with Gasteiger partial charge in [-0.2, -0.15) is 0 Å². The Morgan fingerprint density at radius 1 is 0.857 bits per heavy atom. The van der Waals surface area contributed by atoms with Crippen LogP contribution in [0.25, 0.3) is 0 Å². The molecule has 1 fully saturated rings. The zero-order valence-corrected chi connectivity index (χ0v) is 24.9. The van der Waals surface area contributed by atoms with Crippen LogP contribution >= 0.6 is 0 Å². The summed E-state index contributed by atoms with van der Waals surface area (Å²) in [6, 6.07) is 38.4. The summed E-state index contributed by atoms with van der Waals surface area (Å²) >= 11 is 0. The standard InChI is InChI=1S/C36H44N4O2/c1-38-21-22-40(36(26-38)30-15-7-4-8-16-30)35-20-12-10-18-32(35)28-42-24-23-39(2)25-34(29-13-5-3-6-14-29)37-33-19-11-9-17-31(33)27-41/h3-20,34,36-37,41H,21-28H2,1-2H3. The van der Waals surface area contributed by atoms with Crippen molar-refractivity contribution in [1.29, 1.82) is 0 Å². The molecule has 42 heavy (non-hydrogen) atoms. The largest absolute Gasteiger partial charge is 0.392 e. The van der Waals surface area contributed by atoms with E-state index in [0.29, 0.717) is 19.3 Å². The molecule has 0 radical (unpaired) electrons. The predicted molar refractivity (Wildman–Crippen MR) is 173 cm³/mol. The number of likely N-dealkylation sites (N-methyl/N-ethyl adjacent to an activating group) is 2. The van der Waals surface area contributed by atoms with Gasteiger partial charge in [-0.25, -0.2) is 0 Å². The van der Waals surface area contributed by atoms with Gasteiger partial charge in [-0.05, 0) is 37.4 Å². The third-order valence-corrected chi connectivity index (χ3v) is 8.16. The van der Waals surface area contributed by atoms with Crippen molar-refractivity contribution in [1.82, 2.24) is 9.80 Å². The van der Waals surface area contributed by atoms with E-state index < -0.39 is 0 Å². The van der Waals surface area contributed by atoms with Crippen molar-refractivity contribution in [3.05, 3.63) is 131 Å². The number of benzene rings is 4. The molecular weight excluding hydrogens is 520 g/mol. The van der Waals surface area contributed by atoms with Crippen molar-refractivity contribution in [2.75, 3.05) is 63.6 Å². The Hall–Kier alpha value is -3.68. The maximum Gasteiger partial charge on any atom is 0.0737 e. The summed E-state index contributed by atoms with van der Waals surface area (Å²) in [5, 5.41) is 13.5. The Morgan fingerprint density at radius 3 is 2.29 bits per heavy atom. The first kappa shape index (κ1) is 29.8. The molecule has 2 N–H and O–H groups in total. The normalized spacial score (nSPS) is 16.5. The first-order valence-electron chi connectivity index (χ1n) is 15.0. The molecule has 4 aromatic rings. The first-order chi connectivity index (χ1) is 20.6. The second-order valence-corrected chi connectivity index (χ2v) is 11.2. The Bertz CT molecular complexity index is 1370. The Kier molecular flexibility index (Phi) is 10.6. The van der Waals surface area contributed by atoms with Crippen LogP contribution in [0.1, 0.15) is 34.3 Å². The van der Waals surface area contributed by atoms with Crippen molar-refractivity contribution in [2.24, 2.45) is 0 Å². The Morgan fingerprint density at radius 2 is 1.52 bits per heavy atom. The molecule has 6 heteroatoms. The number of hydrogen-bond acceptors (Lipinski definition) is 6. The number of para-hydroxylation sites is 2. The van der Waals surface area contributed by atoms with Crippen LogP contribution in [-0.2, 0) is 18.0 Å². The van der Waals surface area contributed by atoms with E-state index in [4.69, 9.17) is 4.74 Å². The van der Waals surface area contributed by atoms with Crippen LogP contribution in [0.2, 0.25) is 0 Å². The number of nitrogens with one attached hydrogen (secondary N) is 1. The lowest BCUT2D eigenvalue weighted by Crippen LogP contribution is -2.47. The van der Waals surface area contributed by atoms with E-state index in [9.17, 15) is 5.11 Å². The SMILES string of the molecule is CN(CCOCc1ccccc1N1CCN(C)CC1c1ccccc1)CC(Nc1ccccc1CO)c1ccccc1. The molecule has 0 aliphatic carbocycles. The van der Waals surface area contributed by atoms with Gasteiger partial charge in [0.05, 0.1) is 31.9 Å². The van der Waals surface area contributed by atoms with E-state index >= 15 is 0 Å². The van der Waals surface area contributed by atoms with Crippen molar-refractivity contribution < 1.29 is 9.84 Å². The van der Waals surface area contributed by atoms with Crippen LogP contribution in [0.5, 0.6) is 0 Å². The number of hydrogen-bond donors (Lipinski definition) is 2. The molecule has 0 aromatic heterocycles. The summed E-state index contributed by atoms with van der Waals surface area (Å²) in [6.07, 6.45) is 0. The minimum Gasteiger partial charge on any atom is -0.392 e. The zero-order chi connectivity index (χ0) is 29.1. The number of ether oxygens (including phenoxy) is 1. The molecule has 2 unspecified atom stereocenters. The van der Waals surface area contributed by atoms with Crippen molar-refractivity contribution in [3.63, 3.8) is 0 Å². The van der Waals surface area contributed by atoms with Crippen LogP contribution < -0.4 is 10.2 Å². The minimum absolute atomic E-state index is 0.00998. The van der Waals surface area contributed by atoms with Gasteiger partial charge >= 0.3 is 0 Å². The average molecular weight is 565 g/mol. The summed E-state index contributed by atoms with van der Waals surface area (Å²) in [5.74, 6) is 0. The molecule has 1 saturated heterocycles. The first-order valence-corrected chi connectivity index (χ1v) is 15.0. The number of aliphatic hydroxyl groups is 1. The fourth-order valence-corrected chi connectivity index (χ4v) is 5.79. The average Bonchev–Trinajstić information content (AvgIpc) is 3.04. The second-order valence-electron chi connectivity index (χ2n) is 11.2. The number of aliphatic hydroxyl groups excluding tert-OH is 1. The van der Waals surface area contributed by atoms with Gasteiger partial charge in [-0.15, -0.1) is 0 Å². The van der Waals surface area contributed by atoms with Gasteiger partial charge in [0, 0.05) is 55.2 Å². The second kappa shape index (κ2) is 15.0. The molecule has 1 aliphatic heterocycles. The van der Waals surface area contributed by atoms with Gasteiger partial charge in [0.15, 0.2) is 0 Å². The van der Waals surface area contributed by atoms with Gasteiger partial charge in [0.1, 0.15) is 0 Å². The number of anilines is 2. The van der Waals surface area contributed by atoms with Crippen LogP contribution in [0.4, 0.5) is 11.4 Å². The minimum atomic E-state index is 0.00998. The third kappa shape index (κ3) is 7.78. The molecule has 6 nitrogen and oxygen atoms in total. The maximum absolute atomic E-state index is 9.84. The molecule has 1 heterocycles. The van der Waals surface area contributed by atoms with E-state index in [1.54, 1.807) is 0 Å². The molecule has 4 aromatic carbocycles. The summed E-state index contributed by atoms with van der Waals surface area (Å²) in [4.78, 5) is 7.29. The van der Waals surface area contributed by atoms with Gasteiger partial charge in [-0.1, -0.05) is 97.1 Å². The van der Waals surface area contributed by atoms with Crippen LogP contribution in [-0.4, -0.2) is 68.3 Å². The molecule has 5 rings (SSSR count). The third-order valence-electron chi connectivity index (χ3n) is 8.16. The lowest BCUT2D eigenvalue weighted by atomic mass is 10.0. The monoisotopic (exact) mass is 564 g/mol. The quantitative estimate of drug-likeness (QED) is 0.195. The van der Waals surface area contributed by atoms with Gasteiger partial charge in [-0.3, -0.25) is 0 Å². The van der Waals surface area contributed by atoms with Crippen LogP contribution in [0.3, 0.4) is 0 Å². The van der Waals surface area contributed by atoms with Gasteiger partial charge in [0.25, 0.3) is 0 Å². The summed E-state index contributed by atoms with van der Waals surface area (Å²) < 4.78 is 6.29. The molecule has 0 spiro atoms. The van der Waals surface area contributed by atoms with E-state index in [1.165, 1.54) is 22.4 Å². The van der Waals surface area contributed by atoms with Crippen molar-refractivity contribution in [3.8, 4) is 0 Å². The Balaban J connectivity index is 1.20. The van der Waals surface area contributed by atoms with E-state index in [2.05, 4.69) is 113 Å². The lowest BCUT2D eigenvalue weighted by molar-refractivity contribution is 0.0986. The number of piperazine rings is 1. The van der Waals surface area contributed by atoms with E-state index in [-0.39, 0.29) is 12.6 Å². The fraction of sp³-hybridized carbons (Fsp3) is 0.333. The van der Waals surface area contributed by atoms with Gasteiger partial charge in [0.2, 0.25) is 0 Å². The summed E-state index contributed by atoms with van der Waals surface area (Å²) in [5.41, 5.74) is 6.93. The smallest absolute Gasteiger partial charge is 0.0737 e.